The van der Waals surface area contributed by atoms with Gasteiger partial charge >= 0.3 is 0 Å². The Morgan fingerprint density at radius 3 is 2.50 bits per heavy atom. The fraction of sp³-hybridized carbons (Fsp3) is 0.520. The molecule has 2 aliphatic rings. The Bertz CT molecular complexity index is 912. The zero-order valence-corrected chi connectivity index (χ0v) is 19.1. The average Bonchev–Trinajstić information content (AvgIpc) is 2.85. The van der Waals surface area contributed by atoms with Gasteiger partial charge < -0.3 is 19.9 Å². The molecule has 32 heavy (non-hydrogen) atoms. The zero-order valence-electron chi connectivity index (χ0n) is 19.1. The van der Waals surface area contributed by atoms with Crippen LogP contribution in [-0.4, -0.2) is 98.7 Å². The fourth-order valence-electron chi connectivity index (χ4n) is 4.44. The maximum atomic E-state index is 12.5. The van der Waals surface area contributed by atoms with Gasteiger partial charge in [-0.1, -0.05) is 42.5 Å². The number of guanidine groups is 1. The van der Waals surface area contributed by atoms with Crippen molar-refractivity contribution in [2.75, 3.05) is 72.1 Å². The van der Waals surface area contributed by atoms with E-state index in [2.05, 4.69) is 64.5 Å². The molecule has 0 bridgehead atoms. The van der Waals surface area contributed by atoms with Gasteiger partial charge in [-0.15, -0.1) is 0 Å². The van der Waals surface area contributed by atoms with Crippen molar-refractivity contribution in [3.63, 3.8) is 0 Å². The minimum Gasteiger partial charge on any atom is -0.378 e. The summed E-state index contributed by atoms with van der Waals surface area (Å²) in [4.78, 5) is 24.0. The van der Waals surface area contributed by atoms with E-state index in [1.807, 2.05) is 4.90 Å². The van der Waals surface area contributed by atoms with E-state index in [0.717, 1.165) is 51.6 Å². The molecule has 0 aliphatic carbocycles. The normalized spacial score (nSPS) is 18.2. The van der Waals surface area contributed by atoms with E-state index in [9.17, 15) is 4.79 Å². The fourth-order valence-corrected chi connectivity index (χ4v) is 4.44. The molecule has 0 aromatic heterocycles. The summed E-state index contributed by atoms with van der Waals surface area (Å²) in [5, 5.41) is 6.05. The minimum absolute atomic E-state index is 0.220. The van der Waals surface area contributed by atoms with Crippen LogP contribution in [0.1, 0.15) is 12.5 Å². The van der Waals surface area contributed by atoms with Crippen LogP contribution in [0.2, 0.25) is 0 Å². The maximum absolute atomic E-state index is 12.5. The van der Waals surface area contributed by atoms with Gasteiger partial charge in [-0.2, -0.15) is 0 Å². The number of nitrogens with zero attached hydrogens (tertiary/aromatic N) is 4. The van der Waals surface area contributed by atoms with Gasteiger partial charge in [0.2, 0.25) is 5.91 Å². The predicted molar refractivity (Wildman–Crippen MR) is 129 cm³/mol. The van der Waals surface area contributed by atoms with Crippen molar-refractivity contribution in [3.05, 3.63) is 48.0 Å². The van der Waals surface area contributed by atoms with E-state index >= 15 is 0 Å². The number of carbonyl (C=O) groups is 1. The number of hydrogen-bond donors (Lipinski definition) is 1. The molecule has 2 heterocycles. The first kappa shape index (κ1) is 22.6. The summed E-state index contributed by atoms with van der Waals surface area (Å²) in [6.07, 6.45) is 0.921. The second-order valence-corrected chi connectivity index (χ2v) is 8.38. The predicted octanol–water partition coefficient (Wildman–Crippen LogP) is 1.82. The van der Waals surface area contributed by atoms with Gasteiger partial charge in [0.15, 0.2) is 5.96 Å². The number of carbonyl (C=O) groups excluding carboxylic acids is 1. The molecule has 0 unspecified atom stereocenters. The summed E-state index contributed by atoms with van der Waals surface area (Å²) in [6, 6.07) is 15.0. The molecule has 7 heteroatoms. The number of ether oxygens (including phenoxy) is 1. The molecule has 0 atom stereocenters. The molecule has 0 saturated carbocycles. The molecule has 4 rings (SSSR count). The van der Waals surface area contributed by atoms with Crippen molar-refractivity contribution in [3.8, 4) is 0 Å². The van der Waals surface area contributed by atoms with Crippen molar-refractivity contribution in [2.45, 2.75) is 13.3 Å². The van der Waals surface area contributed by atoms with E-state index in [1.165, 1.54) is 16.3 Å². The largest absolute Gasteiger partial charge is 0.378 e. The maximum Gasteiger partial charge on any atom is 0.236 e. The molecule has 2 aliphatic heterocycles. The van der Waals surface area contributed by atoms with Crippen molar-refractivity contribution in [1.29, 1.82) is 0 Å². The highest BCUT2D eigenvalue weighted by Gasteiger charge is 2.24. The number of hydrogen-bond acceptors (Lipinski definition) is 4. The standard InChI is InChI=1S/C25H35N5O2/c1-2-26-25(27-11-10-22-8-5-7-21-6-3-4-9-23(21)22)30-14-12-28(13-15-30)20-24(31)29-16-18-32-19-17-29/h3-9H,2,10-20H2,1H3,(H,26,27). The molecule has 0 radical (unpaired) electrons. The van der Waals surface area contributed by atoms with Gasteiger partial charge in [-0.05, 0) is 29.7 Å². The Labute approximate surface area is 191 Å². The SMILES string of the molecule is CCNC(=NCCc1cccc2ccccc12)N1CCN(CC(=O)N2CCOCC2)CC1. The van der Waals surface area contributed by atoms with Crippen molar-refractivity contribution in [1.82, 2.24) is 20.0 Å². The lowest BCUT2D eigenvalue weighted by molar-refractivity contribution is -0.136. The second kappa shape index (κ2) is 11.3. The Hall–Kier alpha value is -2.64. The van der Waals surface area contributed by atoms with Crippen LogP contribution in [0.5, 0.6) is 0 Å². The van der Waals surface area contributed by atoms with Crippen LogP contribution >= 0.6 is 0 Å². The van der Waals surface area contributed by atoms with Gasteiger partial charge in [-0.3, -0.25) is 14.7 Å². The third-order valence-corrected chi connectivity index (χ3v) is 6.25. The van der Waals surface area contributed by atoms with Gasteiger partial charge in [0.1, 0.15) is 0 Å². The Morgan fingerprint density at radius 2 is 1.72 bits per heavy atom. The first-order valence-corrected chi connectivity index (χ1v) is 11.8. The molecule has 172 valence electrons. The van der Waals surface area contributed by atoms with Gasteiger partial charge in [0, 0.05) is 52.4 Å². The Morgan fingerprint density at radius 1 is 0.969 bits per heavy atom. The summed E-state index contributed by atoms with van der Waals surface area (Å²) in [5.41, 5.74) is 1.34. The molecule has 7 nitrogen and oxygen atoms in total. The number of fused-ring (bicyclic) bond motifs is 1. The lowest BCUT2D eigenvalue weighted by Gasteiger charge is -2.37. The van der Waals surface area contributed by atoms with E-state index in [-0.39, 0.29) is 5.91 Å². The lowest BCUT2D eigenvalue weighted by atomic mass is 10.0. The van der Waals surface area contributed by atoms with E-state index in [0.29, 0.717) is 32.8 Å². The smallest absolute Gasteiger partial charge is 0.236 e. The Balaban J connectivity index is 1.30. The molecule has 1 amide bonds. The van der Waals surface area contributed by atoms with Crippen molar-refractivity contribution >= 4 is 22.6 Å². The molecule has 2 aromatic rings. The highest BCUT2D eigenvalue weighted by atomic mass is 16.5. The Kier molecular flexibility index (Phi) is 7.96. The molecular formula is C25H35N5O2. The van der Waals surface area contributed by atoms with Crippen LogP contribution in [-0.2, 0) is 16.0 Å². The number of amides is 1. The highest BCUT2D eigenvalue weighted by Crippen LogP contribution is 2.19. The molecule has 1 N–H and O–H groups in total. The topological polar surface area (TPSA) is 60.4 Å². The monoisotopic (exact) mass is 437 g/mol. The third kappa shape index (κ3) is 5.78. The summed E-state index contributed by atoms with van der Waals surface area (Å²) in [5.74, 6) is 1.20. The zero-order chi connectivity index (χ0) is 22.2. The number of benzene rings is 2. The second-order valence-electron chi connectivity index (χ2n) is 8.38. The van der Waals surface area contributed by atoms with Crippen molar-refractivity contribution < 1.29 is 9.53 Å². The van der Waals surface area contributed by atoms with Crippen LogP contribution in [0.4, 0.5) is 0 Å². The molecule has 2 aromatic carbocycles. The number of piperazine rings is 1. The number of rotatable bonds is 6. The van der Waals surface area contributed by atoms with Gasteiger partial charge in [0.05, 0.1) is 19.8 Å². The summed E-state index contributed by atoms with van der Waals surface area (Å²) >= 11 is 0. The number of nitrogens with one attached hydrogen (secondary N) is 1. The first-order chi connectivity index (χ1) is 15.7. The summed E-state index contributed by atoms with van der Waals surface area (Å²) in [7, 11) is 0. The summed E-state index contributed by atoms with van der Waals surface area (Å²) in [6.45, 7) is 10.5. The van der Waals surface area contributed by atoms with Crippen LogP contribution < -0.4 is 5.32 Å². The summed E-state index contributed by atoms with van der Waals surface area (Å²) < 4.78 is 5.35. The van der Waals surface area contributed by atoms with Gasteiger partial charge in [0.25, 0.3) is 0 Å². The number of aliphatic imine (C=N–C) groups is 1. The van der Waals surface area contributed by atoms with E-state index in [1.54, 1.807) is 0 Å². The third-order valence-electron chi connectivity index (χ3n) is 6.25. The van der Waals surface area contributed by atoms with Crippen LogP contribution in [0.25, 0.3) is 10.8 Å². The van der Waals surface area contributed by atoms with Crippen LogP contribution in [0.15, 0.2) is 47.5 Å². The van der Waals surface area contributed by atoms with Crippen LogP contribution in [0.3, 0.4) is 0 Å². The van der Waals surface area contributed by atoms with Crippen LogP contribution in [0, 0.1) is 0 Å². The number of morpholine rings is 1. The van der Waals surface area contributed by atoms with Crippen molar-refractivity contribution in [2.24, 2.45) is 4.99 Å². The molecular weight excluding hydrogens is 402 g/mol. The highest BCUT2D eigenvalue weighted by molar-refractivity contribution is 5.85. The first-order valence-electron chi connectivity index (χ1n) is 11.8. The quantitative estimate of drug-likeness (QED) is 0.552. The minimum atomic E-state index is 0.220. The van der Waals surface area contributed by atoms with E-state index in [4.69, 9.17) is 9.73 Å². The average molecular weight is 438 g/mol. The molecule has 0 spiro atoms. The lowest BCUT2D eigenvalue weighted by Crippen LogP contribution is -2.55. The molecule has 2 fully saturated rings. The van der Waals surface area contributed by atoms with E-state index < -0.39 is 0 Å². The van der Waals surface area contributed by atoms with Gasteiger partial charge in [-0.25, -0.2) is 0 Å². The molecule has 2 saturated heterocycles.